The molecule has 0 amide bonds. The summed E-state index contributed by atoms with van der Waals surface area (Å²) in [6, 6.07) is 1.71. The minimum absolute atomic E-state index is 0.214. The first-order valence-electron chi connectivity index (χ1n) is 4.45. The van der Waals surface area contributed by atoms with E-state index in [0.29, 0.717) is 11.5 Å². The number of hydrogen-bond acceptors (Lipinski definition) is 4. The molecule has 6 heteroatoms. The van der Waals surface area contributed by atoms with E-state index in [2.05, 4.69) is 15.1 Å². The van der Waals surface area contributed by atoms with Crippen molar-refractivity contribution >= 4 is 5.69 Å². The SMILES string of the molecule is Cc1cc(-n2[nH]c(C)c(N)c2=O)ncn1. The van der Waals surface area contributed by atoms with E-state index in [9.17, 15) is 4.79 Å². The Morgan fingerprint density at radius 2 is 2.13 bits per heavy atom. The van der Waals surface area contributed by atoms with E-state index in [1.165, 1.54) is 11.0 Å². The highest BCUT2D eigenvalue weighted by molar-refractivity contribution is 5.42. The molecular weight excluding hydrogens is 194 g/mol. The van der Waals surface area contributed by atoms with E-state index in [0.717, 1.165) is 5.69 Å². The zero-order valence-electron chi connectivity index (χ0n) is 8.48. The normalized spacial score (nSPS) is 10.5. The summed E-state index contributed by atoms with van der Waals surface area (Å²) in [6.45, 7) is 3.57. The molecule has 0 unspecified atom stereocenters. The molecule has 0 aliphatic heterocycles. The standard InChI is InChI=1S/C9H11N5O/c1-5-3-7(12-4-11-5)14-9(15)8(10)6(2)13-14/h3-4,13H,10H2,1-2H3. The molecule has 0 saturated carbocycles. The van der Waals surface area contributed by atoms with Crippen molar-refractivity contribution in [2.45, 2.75) is 13.8 Å². The molecule has 0 atom stereocenters. The maximum Gasteiger partial charge on any atom is 0.296 e. The van der Waals surface area contributed by atoms with Crippen molar-refractivity contribution < 1.29 is 0 Å². The van der Waals surface area contributed by atoms with Gasteiger partial charge in [0.1, 0.15) is 12.0 Å². The highest BCUT2D eigenvalue weighted by atomic mass is 16.1. The summed E-state index contributed by atoms with van der Waals surface area (Å²) in [5.41, 5.74) is 6.92. The number of nitrogens with zero attached hydrogens (tertiary/aromatic N) is 3. The summed E-state index contributed by atoms with van der Waals surface area (Å²) >= 11 is 0. The quantitative estimate of drug-likeness (QED) is 0.693. The van der Waals surface area contributed by atoms with E-state index in [4.69, 9.17) is 5.73 Å². The summed E-state index contributed by atoms with van der Waals surface area (Å²) in [7, 11) is 0. The highest BCUT2D eigenvalue weighted by Gasteiger charge is 2.09. The Hall–Kier alpha value is -2.11. The third-order valence-corrected chi connectivity index (χ3v) is 2.14. The maximum atomic E-state index is 11.6. The molecule has 6 nitrogen and oxygen atoms in total. The van der Waals surface area contributed by atoms with Crippen LogP contribution in [-0.4, -0.2) is 19.7 Å². The second-order valence-corrected chi connectivity index (χ2v) is 3.31. The molecule has 0 radical (unpaired) electrons. The Kier molecular flexibility index (Phi) is 2.03. The molecule has 0 saturated heterocycles. The van der Waals surface area contributed by atoms with Crippen LogP contribution >= 0.6 is 0 Å². The van der Waals surface area contributed by atoms with Gasteiger partial charge in [-0.3, -0.25) is 9.89 Å². The Labute approximate surface area is 85.8 Å². The number of anilines is 1. The van der Waals surface area contributed by atoms with Crippen molar-refractivity contribution in [1.82, 2.24) is 19.7 Å². The zero-order valence-corrected chi connectivity index (χ0v) is 8.48. The fourth-order valence-corrected chi connectivity index (χ4v) is 1.28. The van der Waals surface area contributed by atoms with Gasteiger partial charge in [0.15, 0.2) is 5.82 Å². The van der Waals surface area contributed by atoms with Gasteiger partial charge in [0, 0.05) is 11.8 Å². The molecule has 78 valence electrons. The number of aryl methyl sites for hydroxylation is 2. The van der Waals surface area contributed by atoms with Crippen molar-refractivity contribution in [2.75, 3.05) is 5.73 Å². The first-order valence-corrected chi connectivity index (χ1v) is 4.45. The second kappa shape index (κ2) is 3.23. The summed E-state index contributed by atoms with van der Waals surface area (Å²) in [5.74, 6) is 0.493. The van der Waals surface area contributed by atoms with Crippen LogP contribution in [0.2, 0.25) is 0 Å². The van der Waals surface area contributed by atoms with Gasteiger partial charge in [-0.2, -0.15) is 4.68 Å². The Morgan fingerprint density at radius 3 is 2.67 bits per heavy atom. The van der Waals surface area contributed by atoms with Gasteiger partial charge < -0.3 is 5.73 Å². The Morgan fingerprint density at radius 1 is 1.40 bits per heavy atom. The molecule has 2 heterocycles. The molecule has 2 aromatic rings. The van der Waals surface area contributed by atoms with E-state index in [-0.39, 0.29) is 11.2 Å². The molecule has 0 spiro atoms. The Balaban J connectivity index is 2.64. The lowest BCUT2D eigenvalue weighted by atomic mass is 10.4. The number of aromatic amines is 1. The van der Waals surface area contributed by atoms with Gasteiger partial charge in [-0.15, -0.1) is 0 Å². The number of aromatic nitrogens is 4. The molecule has 0 bridgehead atoms. The first kappa shape index (κ1) is 9.45. The van der Waals surface area contributed by atoms with Crippen LogP contribution in [0.3, 0.4) is 0 Å². The highest BCUT2D eigenvalue weighted by Crippen LogP contribution is 2.05. The van der Waals surface area contributed by atoms with Crippen molar-refractivity contribution in [3.8, 4) is 5.82 Å². The smallest absolute Gasteiger partial charge is 0.296 e. The van der Waals surface area contributed by atoms with Crippen LogP contribution in [0.4, 0.5) is 5.69 Å². The molecule has 0 fully saturated rings. The van der Waals surface area contributed by atoms with Gasteiger partial charge in [-0.05, 0) is 13.8 Å². The zero-order chi connectivity index (χ0) is 11.0. The second-order valence-electron chi connectivity index (χ2n) is 3.31. The predicted octanol–water partition coefficient (Wildman–Crippen LogP) is 0.155. The monoisotopic (exact) mass is 205 g/mol. The lowest BCUT2D eigenvalue weighted by Gasteiger charge is -1.99. The number of nitrogens with one attached hydrogen (secondary N) is 1. The number of rotatable bonds is 1. The fraction of sp³-hybridized carbons (Fsp3) is 0.222. The van der Waals surface area contributed by atoms with Crippen LogP contribution in [0.25, 0.3) is 5.82 Å². The van der Waals surface area contributed by atoms with Crippen molar-refractivity contribution in [3.63, 3.8) is 0 Å². The van der Waals surface area contributed by atoms with Crippen LogP contribution in [0.15, 0.2) is 17.2 Å². The number of hydrogen-bond donors (Lipinski definition) is 2. The van der Waals surface area contributed by atoms with Crippen molar-refractivity contribution in [1.29, 1.82) is 0 Å². The van der Waals surface area contributed by atoms with E-state index < -0.39 is 0 Å². The van der Waals surface area contributed by atoms with E-state index in [1.807, 2.05) is 6.92 Å². The summed E-state index contributed by atoms with van der Waals surface area (Å²) < 4.78 is 1.30. The molecule has 15 heavy (non-hydrogen) atoms. The largest absolute Gasteiger partial charge is 0.393 e. The average molecular weight is 205 g/mol. The predicted molar refractivity (Wildman–Crippen MR) is 55.9 cm³/mol. The van der Waals surface area contributed by atoms with Gasteiger partial charge in [0.2, 0.25) is 0 Å². The third-order valence-electron chi connectivity index (χ3n) is 2.14. The van der Waals surface area contributed by atoms with Crippen LogP contribution < -0.4 is 11.3 Å². The van der Waals surface area contributed by atoms with Crippen LogP contribution in [0.1, 0.15) is 11.4 Å². The molecular formula is C9H11N5O. The van der Waals surface area contributed by atoms with Crippen LogP contribution in [0, 0.1) is 13.8 Å². The lowest BCUT2D eigenvalue weighted by Crippen LogP contribution is -2.18. The minimum Gasteiger partial charge on any atom is -0.393 e. The summed E-state index contributed by atoms with van der Waals surface area (Å²) in [4.78, 5) is 19.6. The summed E-state index contributed by atoms with van der Waals surface area (Å²) in [5, 5.41) is 2.84. The Bertz CT molecular complexity index is 554. The van der Waals surface area contributed by atoms with Gasteiger partial charge in [-0.1, -0.05) is 0 Å². The topological polar surface area (TPSA) is 89.6 Å². The molecule has 0 aliphatic rings. The van der Waals surface area contributed by atoms with Crippen LogP contribution in [0.5, 0.6) is 0 Å². The molecule has 0 aliphatic carbocycles. The van der Waals surface area contributed by atoms with Gasteiger partial charge in [0.25, 0.3) is 5.56 Å². The number of H-pyrrole nitrogens is 1. The van der Waals surface area contributed by atoms with Gasteiger partial charge in [-0.25, -0.2) is 9.97 Å². The molecule has 0 aromatic carbocycles. The molecule has 2 aromatic heterocycles. The average Bonchev–Trinajstić information content (AvgIpc) is 2.46. The lowest BCUT2D eigenvalue weighted by molar-refractivity contribution is 0.798. The number of nitrogens with two attached hydrogens (primary N) is 1. The molecule has 3 N–H and O–H groups in total. The third kappa shape index (κ3) is 1.50. The van der Waals surface area contributed by atoms with Crippen LogP contribution in [-0.2, 0) is 0 Å². The maximum absolute atomic E-state index is 11.6. The van der Waals surface area contributed by atoms with Gasteiger partial charge >= 0.3 is 0 Å². The minimum atomic E-state index is -0.286. The fourth-order valence-electron chi connectivity index (χ4n) is 1.28. The summed E-state index contributed by atoms with van der Waals surface area (Å²) in [6.07, 6.45) is 1.41. The van der Waals surface area contributed by atoms with Crippen molar-refractivity contribution in [2.24, 2.45) is 0 Å². The van der Waals surface area contributed by atoms with Crippen molar-refractivity contribution in [3.05, 3.63) is 34.1 Å². The van der Waals surface area contributed by atoms with E-state index in [1.54, 1.807) is 13.0 Å². The first-order chi connectivity index (χ1) is 7.09. The molecule has 2 rings (SSSR count). The van der Waals surface area contributed by atoms with E-state index >= 15 is 0 Å². The number of nitrogen functional groups attached to an aromatic ring is 1. The van der Waals surface area contributed by atoms with Gasteiger partial charge in [0.05, 0.1) is 5.69 Å².